The molecule has 0 saturated heterocycles. The quantitative estimate of drug-likeness (QED) is 0.598. The number of esters is 1. The maximum Gasteiger partial charge on any atom is 0.310 e. The molecule has 0 aromatic heterocycles. The highest BCUT2D eigenvalue weighted by Crippen LogP contribution is 2.59. The van der Waals surface area contributed by atoms with Gasteiger partial charge in [0.25, 0.3) is 0 Å². The van der Waals surface area contributed by atoms with Gasteiger partial charge in [-0.1, -0.05) is 49.2 Å². The van der Waals surface area contributed by atoms with Crippen molar-refractivity contribution in [3.8, 4) is 0 Å². The van der Waals surface area contributed by atoms with Crippen LogP contribution in [0.1, 0.15) is 33.3 Å². The molecule has 1 aromatic rings. The maximum absolute atomic E-state index is 12.2. The predicted molar refractivity (Wildman–Crippen MR) is 81.4 cm³/mol. The van der Waals surface area contributed by atoms with Gasteiger partial charge in [0.05, 0.1) is 5.92 Å². The van der Waals surface area contributed by atoms with Gasteiger partial charge in [0.1, 0.15) is 6.61 Å². The first kappa shape index (κ1) is 15.1. The molecule has 2 nitrogen and oxygen atoms in total. The van der Waals surface area contributed by atoms with Crippen LogP contribution in [0.4, 0.5) is 0 Å². The third-order valence-electron chi connectivity index (χ3n) is 3.97. The molecule has 1 fully saturated rings. The van der Waals surface area contributed by atoms with E-state index in [0.29, 0.717) is 17.5 Å². The number of allylic oxidation sites excluding steroid dienone is 2. The Labute approximate surface area is 125 Å². The van der Waals surface area contributed by atoms with Gasteiger partial charge in [0.15, 0.2) is 0 Å². The molecule has 0 spiro atoms. The van der Waals surface area contributed by atoms with Crippen LogP contribution in [0.15, 0.2) is 35.9 Å². The number of halogens is 1. The summed E-state index contributed by atoms with van der Waals surface area (Å²) in [6, 6.07) is 7.36. The number of carbonyl (C=O) groups is 1. The maximum atomic E-state index is 12.2. The summed E-state index contributed by atoms with van der Waals surface area (Å²) in [7, 11) is 0. The Morgan fingerprint density at radius 3 is 2.45 bits per heavy atom. The monoisotopic (exact) mass is 292 g/mol. The molecule has 1 saturated carbocycles. The average molecular weight is 293 g/mol. The minimum atomic E-state index is -0.104. The second-order valence-electron chi connectivity index (χ2n) is 6.30. The van der Waals surface area contributed by atoms with Crippen molar-refractivity contribution < 1.29 is 9.53 Å². The Kier molecular flexibility index (Phi) is 4.24. The second-order valence-corrected chi connectivity index (χ2v) is 6.74. The van der Waals surface area contributed by atoms with Crippen LogP contribution < -0.4 is 0 Å². The molecular formula is C17H21ClO2. The molecule has 1 aliphatic carbocycles. The van der Waals surface area contributed by atoms with Gasteiger partial charge in [-0.2, -0.15) is 0 Å². The van der Waals surface area contributed by atoms with Crippen LogP contribution in [0.5, 0.6) is 0 Å². The minimum Gasteiger partial charge on any atom is -0.461 e. The van der Waals surface area contributed by atoms with Crippen molar-refractivity contribution in [1.29, 1.82) is 0 Å². The highest BCUT2D eigenvalue weighted by Gasteiger charge is 2.61. The number of rotatable bonds is 4. The first-order valence-corrected chi connectivity index (χ1v) is 7.26. The molecule has 0 radical (unpaired) electrons. The fraction of sp³-hybridized carbons (Fsp3) is 0.471. The number of hydrogen-bond donors (Lipinski definition) is 0. The fourth-order valence-corrected chi connectivity index (χ4v) is 2.75. The Balaban J connectivity index is 1.93. The molecule has 3 heteroatoms. The summed E-state index contributed by atoms with van der Waals surface area (Å²) in [5.74, 6) is 0.169. The van der Waals surface area contributed by atoms with E-state index < -0.39 is 0 Å². The number of ether oxygens (including phenoxy) is 1. The number of carbonyl (C=O) groups excluding carboxylic acids is 1. The van der Waals surface area contributed by atoms with Gasteiger partial charge < -0.3 is 4.74 Å². The number of benzene rings is 1. The summed E-state index contributed by atoms with van der Waals surface area (Å²) < 4.78 is 5.43. The molecule has 0 N–H and O–H groups in total. The number of hydrogen-bond acceptors (Lipinski definition) is 2. The van der Waals surface area contributed by atoms with E-state index in [1.165, 1.54) is 5.57 Å². The smallest absolute Gasteiger partial charge is 0.310 e. The molecule has 0 heterocycles. The lowest BCUT2D eigenvalue weighted by Crippen LogP contribution is -2.10. The topological polar surface area (TPSA) is 26.3 Å². The Morgan fingerprint density at radius 2 is 1.90 bits per heavy atom. The molecule has 0 bridgehead atoms. The molecule has 1 aliphatic rings. The Bertz CT molecular complexity index is 524. The van der Waals surface area contributed by atoms with E-state index in [1.807, 2.05) is 12.1 Å². The Morgan fingerprint density at radius 1 is 1.30 bits per heavy atom. The summed E-state index contributed by atoms with van der Waals surface area (Å²) in [6.07, 6.45) is 2.17. The van der Waals surface area contributed by atoms with E-state index in [2.05, 4.69) is 33.8 Å². The SMILES string of the molecule is CC(C)=C[C@@H]1[C@@H](C(=O)OCc2ccc(Cl)cc2)C1(C)C. The van der Waals surface area contributed by atoms with Gasteiger partial charge in [0, 0.05) is 5.02 Å². The summed E-state index contributed by atoms with van der Waals surface area (Å²) in [4.78, 5) is 12.2. The van der Waals surface area contributed by atoms with Crippen molar-refractivity contribution >= 4 is 17.6 Å². The minimum absolute atomic E-state index is 0.00828. The molecule has 0 aliphatic heterocycles. The van der Waals surface area contributed by atoms with Crippen LogP contribution >= 0.6 is 11.6 Å². The van der Waals surface area contributed by atoms with Crippen molar-refractivity contribution in [3.63, 3.8) is 0 Å². The predicted octanol–water partition coefficient (Wildman–Crippen LogP) is 4.62. The van der Waals surface area contributed by atoms with Gasteiger partial charge in [-0.25, -0.2) is 0 Å². The molecule has 2 atom stereocenters. The average Bonchev–Trinajstić information content (AvgIpc) is 2.89. The summed E-state index contributed by atoms with van der Waals surface area (Å²) in [5.41, 5.74) is 2.21. The highest BCUT2D eigenvalue weighted by molar-refractivity contribution is 6.30. The lowest BCUT2D eigenvalue weighted by Gasteiger charge is -2.06. The van der Waals surface area contributed by atoms with E-state index in [-0.39, 0.29) is 17.3 Å². The second kappa shape index (κ2) is 5.61. The van der Waals surface area contributed by atoms with Crippen LogP contribution in [-0.2, 0) is 16.1 Å². The molecule has 0 unspecified atom stereocenters. The van der Waals surface area contributed by atoms with Crippen LogP contribution in [0.25, 0.3) is 0 Å². The van der Waals surface area contributed by atoms with Gasteiger partial charge in [0.2, 0.25) is 0 Å². The molecule has 1 aromatic carbocycles. The first-order valence-electron chi connectivity index (χ1n) is 6.88. The van der Waals surface area contributed by atoms with E-state index >= 15 is 0 Å². The van der Waals surface area contributed by atoms with Crippen LogP contribution in [0.2, 0.25) is 5.02 Å². The van der Waals surface area contributed by atoms with Gasteiger partial charge in [-0.3, -0.25) is 4.79 Å². The third-order valence-corrected chi connectivity index (χ3v) is 4.22. The normalized spacial score (nSPS) is 23.1. The zero-order chi connectivity index (χ0) is 14.9. The van der Waals surface area contributed by atoms with Gasteiger partial charge in [-0.15, -0.1) is 0 Å². The van der Waals surface area contributed by atoms with Crippen LogP contribution in [-0.4, -0.2) is 5.97 Å². The zero-order valence-electron chi connectivity index (χ0n) is 12.4. The van der Waals surface area contributed by atoms with Crippen molar-refractivity contribution in [2.24, 2.45) is 17.3 Å². The molecule has 20 heavy (non-hydrogen) atoms. The lowest BCUT2D eigenvalue weighted by atomic mass is 10.1. The summed E-state index contributed by atoms with van der Waals surface area (Å²) >= 11 is 5.83. The Hall–Kier alpha value is -1.28. The van der Waals surface area contributed by atoms with E-state index in [4.69, 9.17) is 16.3 Å². The lowest BCUT2D eigenvalue weighted by molar-refractivity contribution is -0.147. The molecule has 0 amide bonds. The van der Waals surface area contributed by atoms with Crippen molar-refractivity contribution in [1.82, 2.24) is 0 Å². The fourth-order valence-electron chi connectivity index (χ4n) is 2.62. The van der Waals surface area contributed by atoms with E-state index in [1.54, 1.807) is 12.1 Å². The van der Waals surface area contributed by atoms with Crippen molar-refractivity contribution in [2.75, 3.05) is 0 Å². The first-order chi connectivity index (χ1) is 9.32. The molecular weight excluding hydrogens is 272 g/mol. The molecule has 2 rings (SSSR count). The standard InChI is InChI=1S/C17H21ClO2/c1-11(2)9-14-15(17(14,3)4)16(19)20-10-12-5-7-13(18)8-6-12/h5-9,14-15H,10H2,1-4H3/t14-,15+/m1/s1. The van der Waals surface area contributed by atoms with Crippen LogP contribution in [0.3, 0.4) is 0 Å². The summed E-state index contributed by atoms with van der Waals surface area (Å²) in [6.45, 7) is 8.66. The van der Waals surface area contributed by atoms with Gasteiger partial charge in [-0.05, 0) is 42.9 Å². The van der Waals surface area contributed by atoms with Crippen LogP contribution in [0, 0.1) is 17.3 Å². The highest BCUT2D eigenvalue weighted by atomic mass is 35.5. The summed E-state index contributed by atoms with van der Waals surface area (Å²) in [5, 5.41) is 0.687. The largest absolute Gasteiger partial charge is 0.461 e. The van der Waals surface area contributed by atoms with E-state index in [9.17, 15) is 4.79 Å². The van der Waals surface area contributed by atoms with Gasteiger partial charge >= 0.3 is 5.97 Å². The van der Waals surface area contributed by atoms with E-state index in [0.717, 1.165) is 5.56 Å². The zero-order valence-corrected chi connectivity index (χ0v) is 13.2. The molecule has 108 valence electrons. The third kappa shape index (κ3) is 3.24. The van der Waals surface area contributed by atoms with Crippen molar-refractivity contribution in [2.45, 2.75) is 34.3 Å². The van der Waals surface area contributed by atoms with Crippen molar-refractivity contribution in [3.05, 3.63) is 46.5 Å².